The number of hydrogen-bond acceptors (Lipinski definition) is 4. The summed E-state index contributed by atoms with van der Waals surface area (Å²) in [6.45, 7) is 1.75. The van der Waals surface area contributed by atoms with Crippen LogP contribution in [-0.2, 0) is 10.0 Å². The third-order valence-electron chi connectivity index (χ3n) is 3.43. The maximum atomic E-state index is 11.9. The molecule has 0 aliphatic rings. The Morgan fingerprint density at radius 2 is 1.74 bits per heavy atom. The van der Waals surface area contributed by atoms with Crippen molar-refractivity contribution in [3.8, 4) is 22.5 Å². The van der Waals surface area contributed by atoms with Crippen molar-refractivity contribution in [1.29, 1.82) is 0 Å². The Hall–Kier alpha value is -2.15. The fraction of sp³-hybridized carbons (Fsp3) is 0.0625. The molecule has 23 heavy (non-hydrogen) atoms. The molecule has 0 saturated heterocycles. The van der Waals surface area contributed by atoms with Gasteiger partial charge in [0.15, 0.2) is 5.76 Å². The molecule has 118 valence electrons. The van der Waals surface area contributed by atoms with Gasteiger partial charge in [-0.2, -0.15) is 0 Å². The highest BCUT2D eigenvalue weighted by molar-refractivity contribution is 7.89. The van der Waals surface area contributed by atoms with Crippen LogP contribution in [0.2, 0.25) is 5.02 Å². The van der Waals surface area contributed by atoms with Gasteiger partial charge in [0, 0.05) is 16.1 Å². The van der Waals surface area contributed by atoms with E-state index in [4.69, 9.17) is 21.3 Å². The second kappa shape index (κ2) is 5.81. The van der Waals surface area contributed by atoms with E-state index in [0.29, 0.717) is 27.6 Å². The molecule has 7 heteroatoms. The van der Waals surface area contributed by atoms with Gasteiger partial charge in [-0.15, -0.1) is 0 Å². The molecular weight excluding hydrogens is 336 g/mol. The standard InChI is InChI=1S/C16H13ClN2O3S/c1-10-15(13-4-2-3-5-14(13)23(18,20)21)16(22-19-10)11-6-8-12(17)9-7-11/h2-9H,1H3,(H2,18,20,21). The van der Waals surface area contributed by atoms with Crippen molar-refractivity contribution in [2.45, 2.75) is 11.8 Å². The first-order valence-corrected chi connectivity index (χ1v) is 8.65. The number of rotatable bonds is 3. The summed E-state index contributed by atoms with van der Waals surface area (Å²) in [5.74, 6) is 0.468. The van der Waals surface area contributed by atoms with E-state index in [1.807, 2.05) is 0 Å². The molecule has 0 fully saturated rings. The number of aromatic nitrogens is 1. The van der Waals surface area contributed by atoms with Gasteiger partial charge in [0.1, 0.15) is 0 Å². The average Bonchev–Trinajstić information content (AvgIpc) is 2.89. The molecule has 3 rings (SSSR count). The van der Waals surface area contributed by atoms with Gasteiger partial charge in [0.25, 0.3) is 0 Å². The minimum absolute atomic E-state index is 0.0292. The van der Waals surface area contributed by atoms with Crippen molar-refractivity contribution < 1.29 is 12.9 Å². The summed E-state index contributed by atoms with van der Waals surface area (Å²) in [6.07, 6.45) is 0. The van der Waals surface area contributed by atoms with Crippen molar-refractivity contribution >= 4 is 21.6 Å². The first kappa shape index (κ1) is 15.7. The lowest BCUT2D eigenvalue weighted by Crippen LogP contribution is -2.13. The summed E-state index contributed by atoms with van der Waals surface area (Å²) in [5.41, 5.74) is 2.37. The van der Waals surface area contributed by atoms with Crippen LogP contribution in [-0.4, -0.2) is 13.6 Å². The topological polar surface area (TPSA) is 86.2 Å². The Balaban J connectivity index is 2.27. The molecule has 2 aromatic carbocycles. The van der Waals surface area contributed by atoms with E-state index in [9.17, 15) is 8.42 Å². The average molecular weight is 349 g/mol. The molecule has 0 radical (unpaired) electrons. The molecular formula is C16H13ClN2O3S. The lowest BCUT2D eigenvalue weighted by Gasteiger charge is -2.08. The number of hydrogen-bond donors (Lipinski definition) is 1. The van der Waals surface area contributed by atoms with Crippen molar-refractivity contribution in [2.24, 2.45) is 5.14 Å². The first-order valence-electron chi connectivity index (χ1n) is 6.72. The van der Waals surface area contributed by atoms with Crippen LogP contribution in [0, 0.1) is 6.92 Å². The van der Waals surface area contributed by atoms with Crippen LogP contribution < -0.4 is 5.14 Å². The lowest BCUT2D eigenvalue weighted by atomic mass is 10.00. The van der Waals surface area contributed by atoms with E-state index >= 15 is 0 Å². The fourth-order valence-corrected chi connectivity index (χ4v) is 3.28. The Bertz CT molecular complexity index is 963. The quantitative estimate of drug-likeness (QED) is 0.783. The maximum absolute atomic E-state index is 11.9. The number of sulfonamides is 1. The van der Waals surface area contributed by atoms with Gasteiger partial charge in [0.2, 0.25) is 10.0 Å². The van der Waals surface area contributed by atoms with E-state index < -0.39 is 10.0 Å². The van der Waals surface area contributed by atoms with Gasteiger partial charge in [0.05, 0.1) is 16.2 Å². The molecule has 0 bridgehead atoms. The predicted molar refractivity (Wildman–Crippen MR) is 88.5 cm³/mol. The highest BCUT2D eigenvalue weighted by Crippen LogP contribution is 2.37. The molecule has 0 spiro atoms. The van der Waals surface area contributed by atoms with Crippen molar-refractivity contribution in [3.63, 3.8) is 0 Å². The first-order chi connectivity index (χ1) is 10.9. The molecule has 0 aliphatic carbocycles. The van der Waals surface area contributed by atoms with Gasteiger partial charge in [-0.25, -0.2) is 13.6 Å². The minimum Gasteiger partial charge on any atom is -0.355 e. The van der Waals surface area contributed by atoms with Gasteiger partial charge in [-0.05, 0) is 37.3 Å². The summed E-state index contributed by atoms with van der Waals surface area (Å²) in [4.78, 5) is 0.0292. The van der Waals surface area contributed by atoms with Gasteiger partial charge < -0.3 is 4.52 Å². The van der Waals surface area contributed by atoms with Crippen molar-refractivity contribution in [3.05, 3.63) is 59.2 Å². The SMILES string of the molecule is Cc1noc(-c2ccc(Cl)cc2)c1-c1ccccc1S(N)(=O)=O. The molecule has 5 nitrogen and oxygen atoms in total. The zero-order valence-electron chi connectivity index (χ0n) is 12.2. The number of nitrogens with zero attached hydrogens (tertiary/aromatic N) is 1. The van der Waals surface area contributed by atoms with Crippen LogP contribution in [0.25, 0.3) is 22.5 Å². The summed E-state index contributed by atoms with van der Waals surface area (Å²) in [7, 11) is -3.87. The molecule has 0 saturated carbocycles. The van der Waals surface area contributed by atoms with Crippen molar-refractivity contribution in [1.82, 2.24) is 5.16 Å². The third kappa shape index (κ3) is 3.01. The van der Waals surface area contributed by atoms with Crippen LogP contribution >= 0.6 is 11.6 Å². The molecule has 1 heterocycles. The number of halogens is 1. The molecule has 0 unspecified atom stereocenters. The van der Waals surface area contributed by atoms with Gasteiger partial charge in [-0.1, -0.05) is 35.0 Å². The van der Waals surface area contributed by atoms with E-state index in [-0.39, 0.29) is 4.90 Å². The van der Waals surface area contributed by atoms with Gasteiger partial charge in [-0.3, -0.25) is 0 Å². The molecule has 1 aromatic heterocycles. The Kier molecular flexibility index (Phi) is 3.97. The minimum atomic E-state index is -3.87. The van der Waals surface area contributed by atoms with Crippen molar-refractivity contribution in [2.75, 3.05) is 0 Å². The van der Waals surface area contributed by atoms with E-state index in [1.165, 1.54) is 6.07 Å². The molecule has 0 atom stereocenters. The molecule has 2 N–H and O–H groups in total. The molecule has 0 amide bonds. The second-order valence-electron chi connectivity index (χ2n) is 5.02. The third-order valence-corrected chi connectivity index (χ3v) is 4.65. The number of benzene rings is 2. The highest BCUT2D eigenvalue weighted by atomic mass is 35.5. The second-order valence-corrected chi connectivity index (χ2v) is 6.99. The lowest BCUT2D eigenvalue weighted by molar-refractivity contribution is 0.427. The molecule has 0 aliphatic heterocycles. The van der Waals surface area contributed by atoms with Crippen LogP contribution in [0.1, 0.15) is 5.69 Å². The zero-order valence-corrected chi connectivity index (χ0v) is 13.7. The summed E-state index contributed by atoms with van der Waals surface area (Å²) >= 11 is 5.90. The zero-order chi connectivity index (χ0) is 16.6. The number of nitrogens with two attached hydrogens (primary N) is 1. The maximum Gasteiger partial charge on any atom is 0.238 e. The van der Waals surface area contributed by atoms with E-state index in [2.05, 4.69) is 5.16 Å². The fourth-order valence-electron chi connectivity index (χ4n) is 2.41. The van der Waals surface area contributed by atoms with E-state index in [0.717, 1.165) is 5.56 Å². The Morgan fingerprint density at radius 1 is 1.09 bits per heavy atom. The Morgan fingerprint density at radius 3 is 2.39 bits per heavy atom. The van der Waals surface area contributed by atoms with Gasteiger partial charge >= 0.3 is 0 Å². The van der Waals surface area contributed by atoms with E-state index in [1.54, 1.807) is 49.4 Å². The highest BCUT2D eigenvalue weighted by Gasteiger charge is 2.22. The summed E-state index contributed by atoms with van der Waals surface area (Å²) < 4.78 is 29.1. The van der Waals surface area contributed by atoms with Crippen LogP contribution in [0.5, 0.6) is 0 Å². The smallest absolute Gasteiger partial charge is 0.238 e. The molecule has 3 aromatic rings. The summed E-state index contributed by atoms with van der Waals surface area (Å²) in [6, 6.07) is 13.5. The number of primary sulfonamides is 1. The normalized spacial score (nSPS) is 11.6. The van der Waals surface area contributed by atoms with Crippen LogP contribution in [0.3, 0.4) is 0 Å². The predicted octanol–water partition coefficient (Wildman–Crippen LogP) is 3.62. The van der Waals surface area contributed by atoms with Crippen LogP contribution in [0.4, 0.5) is 0 Å². The summed E-state index contributed by atoms with van der Waals surface area (Å²) in [5, 5.41) is 9.89. The monoisotopic (exact) mass is 348 g/mol. The largest absolute Gasteiger partial charge is 0.355 e. The number of aryl methyl sites for hydroxylation is 1. The Labute approximate surface area is 138 Å². The van der Waals surface area contributed by atoms with Crippen LogP contribution in [0.15, 0.2) is 57.9 Å².